The second-order valence-electron chi connectivity index (χ2n) is 7.70. The zero-order valence-corrected chi connectivity index (χ0v) is 17.3. The van der Waals surface area contributed by atoms with Crippen LogP contribution in [0.15, 0.2) is 11.0 Å². The highest BCUT2D eigenvalue weighted by Crippen LogP contribution is 2.58. The number of hydrogen-bond donors (Lipinski definition) is 5. The van der Waals surface area contributed by atoms with Gasteiger partial charge in [0.05, 0.1) is 0 Å². The van der Waals surface area contributed by atoms with Crippen molar-refractivity contribution in [2.45, 2.75) is 76.5 Å². The lowest BCUT2D eigenvalue weighted by atomic mass is 9.91. The van der Waals surface area contributed by atoms with Crippen LogP contribution in [0.1, 0.15) is 45.9 Å². The van der Waals surface area contributed by atoms with E-state index in [2.05, 4.69) is 4.98 Å². The smallest absolute Gasteiger partial charge is 0.359 e. The van der Waals surface area contributed by atoms with Crippen molar-refractivity contribution in [3.8, 4) is 0 Å². The summed E-state index contributed by atoms with van der Waals surface area (Å²) >= 11 is 0. The predicted octanol–water partition coefficient (Wildman–Crippen LogP) is -0.148. The number of aryl methyl sites for hydroxylation is 1. The molecular weight excluding hydrogens is 393 g/mol. The van der Waals surface area contributed by atoms with E-state index in [0.717, 1.165) is 18.4 Å². The third-order valence-corrected chi connectivity index (χ3v) is 7.06. The van der Waals surface area contributed by atoms with Crippen molar-refractivity contribution in [3.05, 3.63) is 22.2 Å². The van der Waals surface area contributed by atoms with Gasteiger partial charge in [-0.1, -0.05) is 6.92 Å². The highest BCUT2D eigenvalue weighted by atomic mass is 31.2. The van der Waals surface area contributed by atoms with E-state index in [4.69, 9.17) is 15.0 Å². The van der Waals surface area contributed by atoms with Gasteiger partial charge in [0.1, 0.15) is 29.7 Å². The quantitative estimate of drug-likeness (QED) is 0.388. The van der Waals surface area contributed by atoms with Crippen molar-refractivity contribution >= 4 is 13.4 Å². The van der Waals surface area contributed by atoms with Crippen LogP contribution < -0.4 is 11.4 Å². The number of hydrogen-bond acceptors (Lipinski definition) is 9. The molecule has 2 heterocycles. The summed E-state index contributed by atoms with van der Waals surface area (Å²) in [7, 11) is -4.54. The molecule has 0 bridgehead atoms. The Labute approximate surface area is 162 Å². The third kappa shape index (κ3) is 4.02. The Morgan fingerprint density at radius 2 is 1.93 bits per heavy atom. The van der Waals surface area contributed by atoms with Gasteiger partial charge < -0.3 is 30.7 Å². The molecule has 0 amide bonds. The molecule has 2 rings (SSSR count). The first kappa shape index (κ1) is 23.0. The Bertz CT molecular complexity index is 838. The Morgan fingerprint density at radius 3 is 2.43 bits per heavy atom. The van der Waals surface area contributed by atoms with Gasteiger partial charge in [-0.15, -0.1) is 0 Å². The van der Waals surface area contributed by atoms with Gasteiger partial charge in [-0.25, -0.2) is 4.79 Å². The van der Waals surface area contributed by atoms with Crippen molar-refractivity contribution in [3.63, 3.8) is 0 Å². The van der Waals surface area contributed by atoms with Crippen LogP contribution in [-0.2, 0) is 13.8 Å². The van der Waals surface area contributed by atoms with Crippen molar-refractivity contribution < 1.29 is 34.0 Å². The fourth-order valence-electron chi connectivity index (χ4n) is 2.87. The number of aliphatic hydroxyl groups is 3. The van der Waals surface area contributed by atoms with Gasteiger partial charge in [0.2, 0.25) is 0 Å². The van der Waals surface area contributed by atoms with Gasteiger partial charge in [-0.2, -0.15) is 4.98 Å². The largest absolute Gasteiger partial charge is 0.387 e. The molecule has 28 heavy (non-hydrogen) atoms. The van der Waals surface area contributed by atoms with E-state index in [-0.39, 0.29) is 12.2 Å². The van der Waals surface area contributed by atoms with Crippen LogP contribution >= 0.6 is 7.60 Å². The molecule has 11 nitrogen and oxygen atoms in total. The molecule has 1 fully saturated rings. The van der Waals surface area contributed by atoms with E-state index in [0.29, 0.717) is 5.56 Å². The normalized spacial score (nSPS) is 30.0. The maximum atomic E-state index is 12.4. The Hall–Kier alpha value is -1.33. The van der Waals surface area contributed by atoms with Gasteiger partial charge in [-0.3, -0.25) is 13.7 Å². The minimum Gasteiger partial charge on any atom is -0.387 e. The highest BCUT2D eigenvalue weighted by Gasteiger charge is 2.56. The molecule has 0 radical (unpaired) electrons. The number of ether oxygens (including phenoxy) is 1. The lowest BCUT2D eigenvalue weighted by Gasteiger charge is -2.39. The molecule has 2 unspecified atom stereocenters. The first-order valence-corrected chi connectivity index (χ1v) is 10.3. The number of anilines is 1. The molecular formula is C16H28N3O8P. The van der Waals surface area contributed by atoms with Crippen molar-refractivity contribution in [1.29, 1.82) is 0 Å². The zero-order chi connectivity index (χ0) is 21.7. The lowest BCUT2D eigenvalue weighted by molar-refractivity contribution is -0.128. The maximum absolute atomic E-state index is 12.4. The van der Waals surface area contributed by atoms with Crippen molar-refractivity contribution in [2.75, 3.05) is 5.73 Å². The van der Waals surface area contributed by atoms with Crippen molar-refractivity contribution in [2.24, 2.45) is 0 Å². The third-order valence-electron chi connectivity index (χ3n) is 5.01. The van der Waals surface area contributed by atoms with Crippen LogP contribution in [-0.4, -0.2) is 59.0 Å². The summed E-state index contributed by atoms with van der Waals surface area (Å²) in [5.74, 6) is 0.0268. The van der Waals surface area contributed by atoms with E-state index < -0.39 is 48.8 Å². The molecule has 6 atom stereocenters. The molecule has 6 N–H and O–H groups in total. The monoisotopic (exact) mass is 421 g/mol. The lowest BCUT2D eigenvalue weighted by Crippen LogP contribution is -2.49. The number of nitrogen functional groups attached to an aromatic ring is 1. The fourth-order valence-corrected chi connectivity index (χ4v) is 3.89. The average Bonchev–Trinajstić information content (AvgIpc) is 2.86. The summed E-state index contributed by atoms with van der Waals surface area (Å²) in [6.45, 7) is 6.89. The topological polar surface area (TPSA) is 177 Å². The molecule has 1 aromatic heterocycles. The minimum absolute atomic E-state index is 0.0268. The van der Waals surface area contributed by atoms with Gasteiger partial charge >= 0.3 is 13.3 Å². The van der Waals surface area contributed by atoms with Gasteiger partial charge in [0, 0.05) is 11.8 Å². The molecule has 0 spiro atoms. The SMILES string of the molecule is CCC(C)(OP(=O)(O)C(C)(C)O)[C@H]1O[C@@H](n2cc(C)c(N)nc2=O)[C@H](O)[C@@H]1O. The predicted molar refractivity (Wildman–Crippen MR) is 99.5 cm³/mol. The van der Waals surface area contributed by atoms with Crippen LogP contribution in [0.4, 0.5) is 5.82 Å². The molecule has 0 saturated carbocycles. The highest BCUT2D eigenvalue weighted by molar-refractivity contribution is 7.54. The second kappa shape index (κ2) is 7.49. The molecule has 1 saturated heterocycles. The van der Waals surface area contributed by atoms with Crippen LogP contribution in [0, 0.1) is 6.92 Å². The van der Waals surface area contributed by atoms with Crippen LogP contribution in [0.3, 0.4) is 0 Å². The first-order valence-electron chi connectivity index (χ1n) is 8.77. The van der Waals surface area contributed by atoms with E-state index in [1.54, 1.807) is 13.8 Å². The summed E-state index contributed by atoms with van der Waals surface area (Å²) in [5.41, 5.74) is 3.72. The molecule has 0 aromatic carbocycles. The molecule has 12 heteroatoms. The van der Waals surface area contributed by atoms with Gasteiger partial charge in [0.15, 0.2) is 11.6 Å². The molecule has 160 valence electrons. The summed E-state index contributed by atoms with van der Waals surface area (Å²) in [6.07, 6.45) is -4.23. The maximum Gasteiger partial charge on any atom is 0.359 e. The Balaban J connectivity index is 2.41. The Kier molecular flexibility index (Phi) is 6.14. The number of nitrogens with zero attached hydrogens (tertiary/aromatic N) is 2. The number of aromatic nitrogens is 2. The summed E-state index contributed by atoms with van der Waals surface area (Å²) in [4.78, 5) is 25.9. The van der Waals surface area contributed by atoms with E-state index in [1.807, 2.05) is 0 Å². The minimum atomic E-state index is -4.54. The van der Waals surface area contributed by atoms with Crippen LogP contribution in [0.2, 0.25) is 0 Å². The second-order valence-corrected chi connectivity index (χ2v) is 10.0. The summed E-state index contributed by atoms with van der Waals surface area (Å²) < 4.78 is 24.5. The van der Waals surface area contributed by atoms with Crippen molar-refractivity contribution in [1.82, 2.24) is 9.55 Å². The standard InChI is InChI=1S/C16H28N3O8P/c1-6-16(5,27-28(24,25)15(3,4)23)11-9(20)10(21)13(26-11)19-7-8(2)12(17)18-14(19)22/h7,9-11,13,20-21,23H,6H2,1-5H3,(H,24,25)(H2,17,18,22)/t9-,10+,11-,13+,16?/m0/s1. The average molecular weight is 421 g/mol. The molecule has 1 aromatic rings. The molecule has 0 aliphatic carbocycles. The number of nitrogens with two attached hydrogens (primary N) is 1. The van der Waals surface area contributed by atoms with E-state index >= 15 is 0 Å². The van der Waals surface area contributed by atoms with Crippen LogP contribution in [0.5, 0.6) is 0 Å². The number of rotatable bonds is 6. The van der Waals surface area contributed by atoms with Crippen LogP contribution in [0.25, 0.3) is 0 Å². The number of aliphatic hydroxyl groups excluding tert-OH is 2. The Morgan fingerprint density at radius 1 is 1.36 bits per heavy atom. The van der Waals surface area contributed by atoms with E-state index in [9.17, 15) is 29.6 Å². The van der Waals surface area contributed by atoms with Gasteiger partial charge in [-0.05, 0) is 34.1 Å². The first-order chi connectivity index (χ1) is 12.6. The molecule has 1 aliphatic rings. The van der Waals surface area contributed by atoms with E-state index in [1.165, 1.54) is 13.1 Å². The summed E-state index contributed by atoms with van der Waals surface area (Å²) in [6, 6.07) is 0. The fraction of sp³-hybridized carbons (Fsp3) is 0.750. The molecule has 1 aliphatic heterocycles. The van der Waals surface area contributed by atoms with Gasteiger partial charge in [0.25, 0.3) is 0 Å². The summed E-state index contributed by atoms with van der Waals surface area (Å²) in [5, 5.41) is 28.8. The zero-order valence-electron chi connectivity index (χ0n) is 16.4.